The molecule has 1 amide bonds. The average Bonchev–Trinajstić information content (AvgIpc) is 3.36. The molecule has 0 bridgehead atoms. The predicted octanol–water partition coefficient (Wildman–Crippen LogP) is 3.00. The summed E-state index contributed by atoms with van der Waals surface area (Å²) >= 11 is 0. The zero-order valence-corrected chi connectivity index (χ0v) is 14.8. The highest BCUT2D eigenvalue weighted by atomic mass is 16.1. The molecule has 1 aliphatic rings. The number of fused-ring (bicyclic) bond motifs is 1. The highest BCUT2D eigenvalue weighted by molar-refractivity contribution is 5.97. The molecule has 1 aromatic heterocycles. The molecular formula is C21H24N4O. The van der Waals surface area contributed by atoms with Crippen molar-refractivity contribution in [3.63, 3.8) is 0 Å². The first-order valence-electron chi connectivity index (χ1n) is 9.29. The molecule has 4 rings (SSSR count). The van der Waals surface area contributed by atoms with Crippen molar-refractivity contribution in [2.75, 3.05) is 19.6 Å². The Kier molecular flexibility index (Phi) is 4.97. The lowest BCUT2D eigenvalue weighted by molar-refractivity contribution is 0.0938. The van der Waals surface area contributed by atoms with Crippen LogP contribution in [0.2, 0.25) is 0 Å². The molecule has 0 aliphatic carbocycles. The summed E-state index contributed by atoms with van der Waals surface area (Å²) < 4.78 is 0. The van der Waals surface area contributed by atoms with Crippen LogP contribution in [0.5, 0.6) is 0 Å². The second kappa shape index (κ2) is 7.70. The standard InChI is InChI=1S/C21H24N4O/c26-21(17-8-9-19-20(13-17)24-15-23-19)22-14-18(25-10-4-5-11-25)12-16-6-2-1-3-7-16/h1-3,6-9,13,15,18H,4-5,10-12,14H2,(H,22,26)(H,23,24). The Morgan fingerprint density at radius 3 is 2.77 bits per heavy atom. The van der Waals surface area contributed by atoms with Crippen LogP contribution in [0.15, 0.2) is 54.9 Å². The first-order valence-corrected chi connectivity index (χ1v) is 9.29. The van der Waals surface area contributed by atoms with Gasteiger partial charge < -0.3 is 10.3 Å². The number of aromatic amines is 1. The minimum atomic E-state index is -0.0289. The van der Waals surface area contributed by atoms with E-state index in [0.717, 1.165) is 30.5 Å². The van der Waals surface area contributed by atoms with Crippen LogP contribution in [0.25, 0.3) is 11.0 Å². The maximum absolute atomic E-state index is 12.6. The third kappa shape index (κ3) is 3.78. The number of H-pyrrole nitrogens is 1. The summed E-state index contributed by atoms with van der Waals surface area (Å²) in [6.07, 6.45) is 5.10. The number of imidazole rings is 1. The van der Waals surface area contributed by atoms with Crippen molar-refractivity contribution in [2.45, 2.75) is 25.3 Å². The third-order valence-electron chi connectivity index (χ3n) is 5.15. The van der Waals surface area contributed by atoms with Crippen LogP contribution in [0, 0.1) is 0 Å². The summed E-state index contributed by atoms with van der Waals surface area (Å²) in [5.74, 6) is -0.0289. The van der Waals surface area contributed by atoms with Gasteiger partial charge in [-0.3, -0.25) is 9.69 Å². The van der Waals surface area contributed by atoms with Gasteiger partial charge in [0, 0.05) is 18.2 Å². The van der Waals surface area contributed by atoms with Crippen molar-refractivity contribution >= 4 is 16.9 Å². The molecule has 3 aromatic rings. The van der Waals surface area contributed by atoms with E-state index in [1.54, 1.807) is 6.33 Å². The number of nitrogens with zero attached hydrogens (tertiary/aromatic N) is 2. The Morgan fingerprint density at radius 1 is 1.15 bits per heavy atom. The van der Waals surface area contributed by atoms with Gasteiger partial charge >= 0.3 is 0 Å². The molecule has 0 spiro atoms. The van der Waals surface area contributed by atoms with Crippen molar-refractivity contribution in [1.29, 1.82) is 0 Å². The Balaban J connectivity index is 1.43. The van der Waals surface area contributed by atoms with Crippen LogP contribution >= 0.6 is 0 Å². The number of aromatic nitrogens is 2. The highest BCUT2D eigenvalue weighted by Crippen LogP contribution is 2.16. The molecule has 2 aromatic carbocycles. The topological polar surface area (TPSA) is 61.0 Å². The maximum atomic E-state index is 12.6. The SMILES string of the molecule is O=C(NCC(Cc1ccccc1)N1CCCC1)c1ccc2nc[nH]c2c1. The molecule has 1 unspecified atom stereocenters. The van der Waals surface area contributed by atoms with E-state index in [2.05, 4.69) is 44.5 Å². The maximum Gasteiger partial charge on any atom is 0.251 e. The van der Waals surface area contributed by atoms with Gasteiger partial charge in [0.2, 0.25) is 0 Å². The summed E-state index contributed by atoms with van der Waals surface area (Å²) in [7, 11) is 0. The summed E-state index contributed by atoms with van der Waals surface area (Å²) in [4.78, 5) is 22.4. The van der Waals surface area contributed by atoms with Gasteiger partial charge in [-0.2, -0.15) is 0 Å². The summed E-state index contributed by atoms with van der Waals surface area (Å²) in [5, 5.41) is 3.14. The average molecular weight is 348 g/mol. The van der Waals surface area contributed by atoms with Gasteiger partial charge in [0.25, 0.3) is 5.91 Å². The van der Waals surface area contributed by atoms with Gasteiger partial charge in [-0.05, 0) is 56.1 Å². The molecule has 1 saturated heterocycles. The van der Waals surface area contributed by atoms with Gasteiger partial charge in [0.05, 0.1) is 17.4 Å². The van der Waals surface area contributed by atoms with E-state index in [4.69, 9.17) is 0 Å². The van der Waals surface area contributed by atoms with Crippen molar-refractivity contribution in [2.24, 2.45) is 0 Å². The van der Waals surface area contributed by atoms with Crippen LogP contribution in [-0.4, -0.2) is 46.5 Å². The molecule has 1 fully saturated rings. The number of rotatable bonds is 6. The molecule has 5 heteroatoms. The summed E-state index contributed by atoms with van der Waals surface area (Å²) in [6.45, 7) is 2.90. The molecule has 0 radical (unpaired) electrons. The van der Waals surface area contributed by atoms with Gasteiger partial charge in [0.1, 0.15) is 0 Å². The van der Waals surface area contributed by atoms with Crippen LogP contribution in [-0.2, 0) is 6.42 Å². The lowest BCUT2D eigenvalue weighted by Crippen LogP contribution is -2.44. The summed E-state index contributed by atoms with van der Waals surface area (Å²) in [6, 6.07) is 16.4. The largest absolute Gasteiger partial charge is 0.350 e. The van der Waals surface area contributed by atoms with Crippen LogP contribution in [0.4, 0.5) is 0 Å². The van der Waals surface area contributed by atoms with E-state index >= 15 is 0 Å². The molecule has 2 heterocycles. The van der Waals surface area contributed by atoms with Gasteiger partial charge in [-0.25, -0.2) is 4.98 Å². The first kappa shape index (κ1) is 16.8. The molecule has 1 atom stereocenters. The molecule has 2 N–H and O–H groups in total. The second-order valence-corrected chi connectivity index (χ2v) is 6.93. The quantitative estimate of drug-likeness (QED) is 0.720. The third-order valence-corrected chi connectivity index (χ3v) is 5.15. The number of hydrogen-bond acceptors (Lipinski definition) is 3. The highest BCUT2D eigenvalue weighted by Gasteiger charge is 2.23. The Labute approximate surface area is 153 Å². The van der Waals surface area contributed by atoms with E-state index in [9.17, 15) is 4.79 Å². The predicted molar refractivity (Wildman–Crippen MR) is 103 cm³/mol. The van der Waals surface area contributed by atoms with E-state index in [-0.39, 0.29) is 5.91 Å². The van der Waals surface area contributed by atoms with E-state index in [0.29, 0.717) is 18.2 Å². The molecule has 134 valence electrons. The lowest BCUT2D eigenvalue weighted by atomic mass is 10.0. The van der Waals surface area contributed by atoms with E-state index < -0.39 is 0 Å². The van der Waals surface area contributed by atoms with Crippen LogP contribution in [0.3, 0.4) is 0 Å². The number of hydrogen-bond donors (Lipinski definition) is 2. The van der Waals surface area contributed by atoms with Gasteiger partial charge in [0.15, 0.2) is 0 Å². The molecule has 0 saturated carbocycles. The molecular weight excluding hydrogens is 324 g/mol. The Morgan fingerprint density at radius 2 is 1.96 bits per heavy atom. The van der Waals surface area contributed by atoms with Gasteiger partial charge in [-0.1, -0.05) is 30.3 Å². The number of carbonyl (C=O) groups is 1. The number of likely N-dealkylation sites (tertiary alicyclic amines) is 1. The normalized spacial score (nSPS) is 16.0. The van der Waals surface area contributed by atoms with Crippen molar-refractivity contribution in [3.8, 4) is 0 Å². The number of carbonyl (C=O) groups excluding carboxylic acids is 1. The zero-order valence-electron chi connectivity index (χ0n) is 14.8. The zero-order chi connectivity index (χ0) is 17.8. The van der Waals surface area contributed by atoms with E-state index in [1.807, 2.05) is 24.3 Å². The molecule has 1 aliphatic heterocycles. The van der Waals surface area contributed by atoms with Crippen molar-refractivity contribution in [3.05, 3.63) is 66.0 Å². The first-order chi connectivity index (χ1) is 12.8. The van der Waals surface area contributed by atoms with Crippen LogP contribution in [0.1, 0.15) is 28.8 Å². The second-order valence-electron chi connectivity index (χ2n) is 6.93. The molecule has 5 nitrogen and oxygen atoms in total. The Bertz CT molecular complexity index is 868. The van der Waals surface area contributed by atoms with Gasteiger partial charge in [-0.15, -0.1) is 0 Å². The van der Waals surface area contributed by atoms with Crippen molar-refractivity contribution in [1.82, 2.24) is 20.2 Å². The van der Waals surface area contributed by atoms with E-state index in [1.165, 1.54) is 18.4 Å². The number of benzene rings is 2. The Hall–Kier alpha value is -2.66. The minimum Gasteiger partial charge on any atom is -0.350 e. The minimum absolute atomic E-state index is 0.0289. The fourth-order valence-corrected chi connectivity index (χ4v) is 3.71. The number of amides is 1. The fourth-order valence-electron chi connectivity index (χ4n) is 3.71. The lowest BCUT2D eigenvalue weighted by Gasteiger charge is -2.28. The van der Waals surface area contributed by atoms with Crippen LogP contribution < -0.4 is 5.32 Å². The monoisotopic (exact) mass is 348 g/mol. The fraction of sp³-hybridized carbons (Fsp3) is 0.333. The number of nitrogens with one attached hydrogen (secondary N) is 2. The smallest absolute Gasteiger partial charge is 0.251 e. The summed E-state index contributed by atoms with van der Waals surface area (Å²) in [5.41, 5.74) is 3.75. The van der Waals surface area contributed by atoms with Crippen molar-refractivity contribution < 1.29 is 4.79 Å². The molecule has 26 heavy (non-hydrogen) atoms.